The number of amides is 1. The lowest BCUT2D eigenvalue weighted by Gasteiger charge is -2.32. The highest BCUT2D eigenvalue weighted by atomic mass is 28.4. The van der Waals surface area contributed by atoms with Crippen molar-refractivity contribution >= 4 is 36.5 Å². The van der Waals surface area contributed by atoms with Crippen LogP contribution in [0.15, 0.2) is 108 Å². The SMILES string of the molecule is C[C@H]1[C@H]([Si](C)(C)O)[C@@H](CCn2cc(C(CO)c3ccccc3)nn2)O[C@]12C(=O)N(Cc1ccc(-n3[nH]c4ccccc4c3=O)cc1)c1ccc([N+](=O)[O-])cc12. The Balaban J connectivity index is 1.09. The molecule has 14 nitrogen and oxygen atoms in total. The summed E-state index contributed by atoms with van der Waals surface area (Å²) in [6.07, 6.45) is 1.60. The number of aromatic nitrogens is 5. The highest BCUT2D eigenvalue weighted by Crippen LogP contribution is 2.60. The number of aryl methyl sites for hydroxylation is 1. The Hall–Kier alpha value is -5.74. The van der Waals surface area contributed by atoms with Gasteiger partial charge in [0.2, 0.25) is 0 Å². The van der Waals surface area contributed by atoms with E-state index in [1.54, 1.807) is 40.0 Å². The lowest BCUT2D eigenvalue weighted by molar-refractivity contribution is -0.385. The van der Waals surface area contributed by atoms with E-state index in [2.05, 4.69) is 15.4 Å². The summed E-state index contributed by atoms with van der Waals surface area (Å²) in [7, 11) is -3.02. The van der Waals surface area contributed by atoms with Crippen LogP contribution in [0.2, 0.25) is 18.6 Å². The van der Waals surface area contributed by atoms with E-state index >= 15 is 0 Å². The molecule has 0 aliphatic carbocycles. The monoisotopic (exact) mass is 759 g/mol. The van der Waals surface area contributed by atoms with Crippen molar-refractivity contribution in [3.63, 3.8) is 0 Å². The summed E-state index contributed by atoms with van der Waals surface area (Å²) in [6, 6.07) is 28.6. The number of rotatable bonds is 11. The van der Waals surface area contributed by atoms with Crippen LogP contribution in [-0.4, -0.2) is 66.5 Å². The highest BCUT2D eigenvalue weighted by Gasteiger charge is 2.66. The zero-order valence-corrected chi connectivity index (χ0v) is 31.6. The average molecular weight is 760 g/mol. The van der Waals surface area contributed by atoms with Crippen molar-refractivity contribution in [1.82, 2.24) is 24.8 Å². The smallest absolute Gasteiger partial charge is 0.279 e. The van der Waals surface area contributed by atoms with Crippen molar-refractivity contribution < 1.29 is 24.4 Å². The molecule has 0 bridgehead atoms. The van der Waals surface area contributed by atoms with E-state index in [0.29, 0.717) is 41.0 Å². The van der Waals surface area contributed by atoms with Crippen LogP contribution in [0.3, 0.4) is 0 Å². The number of anilines is 1. The molecule has 0 saturated carbocycles. The number of nitrogens with one attached hydrogen (secondary N) is 1. The molecule has 15 heteroatoms. The zero-order valence-electron chi connectivity index (χ0n) is 30.6. The Morgan fingerprint density at radius 2 is 1.75 bits per heavy atom. The summed E-state index contributed by atoms with van der Waals surface area (Å²) in [5.41, 5.74) is 2.24. The predicted molar refractivity (Wildman–Crippen MR) is 207 cm³/mol. The number of aromatic amines is 1. The molecule has 2 aromatic heterocycles. The number of benzene rings is 4. The van der Waals surface area contributed by atoms with Crippen LogP contribution < -0.4 is 10.5 Å². The van der Waals surface area contributed by atoms with Crippen LogP contribution in [0.25, 0.3) is 16.6 Å². The van der Waals surface area contributed by atoms with Gasteiger partial charge < -0.3 is 19.5 Å². The van der Waals surface area contributed by atoms with Crippen LogP contribution in [0.1, 0.15) is 41.6 Å². The van der Waals surface area contributed by atoms with Crippen LogP contribution in [0, 0.1) is 16.0 Å². The number of fused-ring (bicyclic) bond motifs is 3. The number of aliphatic hydroxyl groups is 1. The van der Waals surface area contributed by atoms with Gasteiger partial charge in [0.1, 0.15) is 0 Å². The van der Waals surface area contributed by atoms with Gasteiger partial charge in [-0.05, 0) is 61.0 Å². The average Bonchev–Trinajstić information content (AvgIpc) is 3.92. The van der Waals surface area contributed by atoms with Crippen LogP contribution >= 0.6 is 0 Å². The van der Waals surface area contributed by atoms with Crippen molar-refractivity contribution in [2.75, 3.05) is 11.5 Å². The number of non-ortho nitro benzene ring substituents is 1. The van der Waals surface area contributed by atoms with Crippen molar-refractivity contribution in [3.8, 4) is 5.69 Å². The first kappa shape index (κ1) is 36.2. The minimum atomic E-state index is -3.02. The fourth-order valence-corrected chi connectivity index (χ4v) is 11.3. The molecule has 282 valence electrons. The van der Waals surface area contributed by atoms with E-state index in [0.717, 1.165) is 16.6 Å². The molecule has 8 rings (SSSR count). The Labute approximate surface area is 316 Å². The number of aliphatic hydroxyl groups excluding tert-OH is 1. The molecule has 1 saturated heterocycles. The first-order valence-electron chi connectivity index (χ1n) is 18.3. The van der Waals surface area contributed by atoms with Crippen LogP contribution in [-0.2, 0) is 28.2 Å². The van der Waals surface area contributed by atoms with Crippen LogP contribution in [0.5, 0.6) is 0 Å². The predicted octanol–water partition coefficient (Wildman–Crippen LogP) is 5.38. The van der Waals surface area contributed by atoms with Gasteiger partial charge in [-0.3, -0.25) is 29.5 Å². The third-order valence-corrected chi connectivity index (χ3v) is 13.8. The van der Waals surface area contributed by atoms with Gasteiger partial charge in [0.25, 0.3) is 17.2 Å². The molecular formula is C40H41N7O7Si. The summed E-state index contributed by atoms with van der Waals surface area (Å²) >= 11 is 0. The maximum atomic E-state index is 14.9. The fraction of sp³-hybridized carbons (Fsp3) is 0.300. The molecule has 1 spiro atoms. The lowest BCUT2D eigenvalue weighted by Crippen LogP contribution is -2.46. The number of ether oxygens (including phenoxy) is 1. The molecule has 55 heavy (non-hydrogen) atoms. The molecule has 0 radical (unpaired) electrons. The summed E-state index contributed by atoms with van der Waals surface area (Å²) in [4.78, 5) is 52.9. The minimum Gasteiger partial charge on any atom is -0.432 e. The summed E-state index contributed by atoms with van der Waals surface area (Å²) in [5.74, 6) is -1.23. The second kappa shape index (κ2) is 13.8. The van der Waals surface area contributed by atoms with E-state index in [9.17, 15) is 29.6 Å². The van der Waals surface area contributed by atoms with Crippen molar-refractivity contribution in [2.45, 2.75) is 62.7 Å². The molecule has 3 N–H and O–H groups in total. The molecular weight excluding hydrogens is 719 g/mol. The largest absolute Gasteiger partial charge is 0.432 e. The topological polar surface area (TPSA) is 182 Å². The third-order valence-electron chi connectivity index (χ3n) is 11.2. The number of nitro groups is 1. The van der Waals surface area contributed by atoms with Gasteiger partial charge >= 0.3 is 0 Å². The number of nitrogens with zero attached hydrogens (tertiary/aromatic N) is 6. The molecule has 4 aromatic carbocycles. The number of hydrogen-bond donors (Lipinski definition) is 3. The maximum absolute atomic E-state index is 14.9. The first-order valence-corrected chi connectivity index (χ1v) is 21.3. The molecule has 2 aliphatic rings. The van der Waals surface area contributed by atoms with E-state index in [1.165, 1.54) is 16.8 Å². The van der Waals surface area contributed by atoms with E-state index < -0.39 is 36.4 Å². The Bertz CT molecular complexity index is 2460. The fourth-order valence-electron chi connectivity index (χ4n) is 8.68. The standard InChI is InChI=1S/C40H41N7O7Si/c1-25-37(55(2,3)53)36(19-20-44-23-34(41-43-44)31(24-48)27-9-5-4-6-10-27)54-40(25)32-21-29(47(51)52)17-18-35(32)45(39(40)50)22-26-13-15-28(16-14-26)46-38(49)30-11-7-8-12-33(30)42-46/h4-18,21,23,25,31,36-37,42,48,53H,19-20,22,24H2,1-3H3/t25-,31?,36+,37-,40+/m0/s1. The van der Waals surface area contributed by atoms with Gasteiger partial charge in [-0.15, -0.1) is 5.10 Å². The third kappa shape index (κ3) is 6.18. The van der Waals surface area contributed by atoms with Gasteiger partial charge in [-0.25, -0.2) is 4.68 Å². The number of nitro benzene ring substituents is 1. The van der Waals surface area contributed by atoms with Crippen molar-refractivity contribution in [1.29, 1.82) is 0 Å². The zero-order chi connectivity index (χ0) is 38.6. The van der Waals surface area contributed by atoms with Crippen molar-refractivity contribution in [3.05, 3.63) is 146 Å². The normalized spacial score (nSPS) is 21.4. The van der Waals surface area contributed by atoms with Crippen molar-refractivity contribution in [2.24, 2.45) is 5.92 Å². The maximum Gasteiger partial charge on any atom is 0.279 e. The molecule has 1 amide bonds. The molecule has 5 atom stereocenters. The molecule has 1 fully saturated rings. The second-order valence-corrected chi connectivity index (χ2v) is 19.0. The quantitative estimate of drug-likeness (QED) is 0.0888. The Morgan fingerprint density at radius 1 is 1.02 bits per heavy atom. The lowest BCUT2D eigenvalue weighted by atomic mass is 9.82. The minimum absolute atomic E-state index is 0.140. The van der Waals surface area contributed by atoms with Gasteiger partial charge in [0.05, 0.1) is 58.1 Å². The van der Waals surface area contributed by atoms with Gasteiger partial charge in [0.15, 0.2) is 13.9 Å². The number of carbonyl (C=O) groups excluding carboxylic acids is 1. The Morgan fingerprint density at radius 3 is 2.44 bits per heavy atom. The number of para-hydroxylation sites is 1. The first-order chi connectivity index (χ1) is 26.4. The number of hydrogen-bond acceptors (Lipinski definition) is 9. The number of carbonyl (C=O) groups is 1. The highest BCUT2D eigenvalue weighted by molar-refractivity contribution is 6.71. The summed E-state index contributed by atoms with van der Waals surface area (Å²) < 4.78 is 10.1. The summed E-state index contributed by atoms with van der Waals surface area (Å²) in [5, 5.41) is 34.6. The molecule has 6 aromatic rings. The van der Waals surface area contributed by atoms with E-state index in [4.69, 9.17) is 4.74 Å². The van der Waals surface area contributed by atoms with E-state index in [1.807, 2.05) is 80.7 Å². The van der Waals surface area contributed by atoms with Gasteiger partial charge in [-0.2, -0.15) is 0 Å². The molecule has 2 aliphatic heterocycles. The molecule has 1 unspecified atom stereocenters. The van der Waals surface area contributed by atoms with Gasteiger partial charge in [-0.1, -0.05) is 66.7 Å². The van der Waals surface area contributed by atoms with E-state index in [-0.39, 0.29) is 36.2 Å². The summed E-state index contributed by atoms with van der Waals surface area (Å²) in [6.45, 7) is 5.92. The molecule has 4 heterocycles. The number of H-pyrrole nitrogens is 1. The second-order valence-electron chi connectivity index (χ2n) is 15.0. The Kier molecular flexibility index (Phi) is 9.12. The van der Waals surface area contributed by atoms with Gasteiger partial charge in [0, 0.05) is 41.9 Å². The van der Waals surface area contributed by atoms with Crippen LogP contribution in [0.4, 0.5) is 11.4 Å².